The molecule has 1 N–H and O–H groups in total. The molecular weight excluding hydrogens is 383 g/mol. The van der Waals surface area contributed by atoms with Crippen LogP contribution in [0.15, 0.2) is 58.0 Å². The van der Waals surface area contributed by atoms with Crippen molar-refractivity contribution in [3.8, 4) is 11.3 Å². The molecular formula is C21H18Cl2N2O2. The lowest BCUT2D eigenvalue weighted by molar-refractivity contribution is -0.120. The third-order valence-corrected chi connectivity index (χ3v) is 4.89. The first kappa shape index (κ1) is 19.2. The molecule has 0 saturated heterocycles. The number of furan rings is 1. The molecule has 0 atom stereocenters. The summed E-state index contributed by atoms with van der Waals surface area (Å²) in [6, 6.07) is 14.8. The van der Waals surface area contributed by atoms with Gasteiger partial charge in [-0.3, -0.25) is 4.79 Å². The van der Waals surface area contributed by atoms with Crippen molar-refractivity contribution in [2.75, 3.05) is 0 Å². The molecule has 1 heterocycles. The second-order valence-corrected chi connectivity index (χ2v) is 6.99. The SMILES string of the molecule is Cc1ccc(CC(=O)N/N=C/c2ccc(-c3cccc(Cl)c3Cl)o2)c(C)c1. The first-order valence-electron chi connectivity index (χ1n) is 8.36. The Hall–Kier alpha value is -2.56. The quantitative estimate of drug-likeness (QED) is 0.449. The molecule has 0 aliphatic heterocycles. The molecule has 3 rings (SSSR count). The molecule has 1 amide bonds. The Balaban J connectivity index is 1.62. The highest BCUT2D eigenvalue weighted by Gasteiger charge is 2.10. The summed E-state index contributed by atoms with van der Waals surface area (Å²) in [7, 11) is 0. The van der Waals surface area contributed by atoms with Gasteiger partial charge in [0.15, 0.2) is 0 Å². The van der Waals surface area contributed by atoms with Crippen LogP contribution in [0.3, 0.4) is 0 Å². The summed E-state index contributed by atoms with van der Waals surface area (Å²) in [6.07, 6.45) is 1.72. The van der Waals surface area contributed by atoms with E-state index in [1.54, 1.807) is 24.3 Å². The van der Waals surface area contributed by atoms with Crippen molar-refractivity contribution >= 4 is 35.3 Å². The molecule has 0 spiro atoms. The summed E-state index contributed by atoms with van der Waals surface area (Å²) in [5.41, 5.74) is 6.44. The Morgan fingerprint density at radius 3 is 2.74 bits per heavy atom. The minimum atomic E-state index is -0.192. The molecule has 0 aliphatic carbocycles. The van der Waals surface area contributed by atoms with Gasteiger partial charge < -0.3 is 4.42 Å². The van der Waals surface area contributed by atoms with Gasteiger partial charge in [-0.1, -0.05) is 53.0 Å². The van der Waals surface area contributed by atoms with Gasteiger partial charge >= 0.3 is 0 Å². The number of carbonyl (C=O) groups excluding carboxylic acids is 1. The Kier molecular flexibility index (Phi) is 5.99. The third kappa shape index (κ3) is 4.79. The van der Waals surface area contributed by atoms with Crippen LogP contribution in [0.5, 0.6) is 0 Å². The average Bonchev–Trinajstić information content (AvgIpc) is 3.08. The minimum absolute atomic E-state index is 0.192. The summed E-state index contributed by atoms with van der Waals surface area (Å²) >= 11 is 12.2. The van der Waals surface area contributed by atoms with Crippen LogP contribution in [-0.2, 0) is 11.2 Å². The van der Waals surface area contributed by atoms with E-state index in [1.165, 1.54) is 11.8 Å². The zero-order valence-corrected chi connectivity index (χ0v) is 16.4. The number of carbonyl (C=O) groups is 1. The fourth-order valence-corrected chi connectivity index (χ4v) is 3.08. The first-order chi connectivity index (χ1) is 12.9. The molecule has 0 aliphatic rings. The summed E-state index contributed by atoms with van der Waals surface area (Å²) in [6.45, 7) is 4.01. The number of rotatable bonds is 5. The van der Waals surface area contributed by atoms with Crippen molar-refractivity contribution in [2.24, 2.45) is 5.10 Å². The average molecular weight is 401 g/mol. The van der Waals surface area contributed by atoms with Gasteiger partial charge in [-0.15, -0.1) is 0 Å². The van der Waals surface area contributed by atoms with Gasteiger partial charge in [0.2, 0.25) is 5.91 Å². The Labute approximate surface area is 167 Å². The van der Waals surface area contributed by atoms with Crippen LogP contribution in [-0.4, -0.2) is 12.1 Å². The standard InChI is InChI=1S/C21H18Cl2N2O2/c1-13-6-7-15(14(2)10-13)11-20(26)25-24-12-16-8-9-19(27-16)17-4-3-5-18(22)21(17)23/h3-10,12H,11H2,1-2H3,(H,25,26)/b24-12+. The van der Waals surface area contributed by atoms with Crippen LogP contribution < -0.4 is 5.43 Å². The maximum absolute atomic E-state index is 12.1. The number of amides is 1. The second-order valence-electron chi connectivity index (χ2n) is 6.20. The minimum Gasteiger partial charge on any atom is -0.455 e. The number of hydrazone groups is 1. The maximum atomic E-state index is 12.1. The molecule has 4 nitrogen and oxygen atoms in total. The normalized spacial score (nSPS) is 11.1. The Bertz CT molecular complexity index is 1010. The van der Waals surface area contributed by atoms with Crippen LogP contribution >= 0.6 is 23.2 Å². The summed E-state index contributed by atoms with van der Waals surface area (Å²) in [4.78, 5) is 12.1. The number of benzene rings is 2. The monoisotopic (exact) mass is 400 g/mol. The largest absolute Gasteiger partial charge is 0.455 e. The lowest BCUT2D eigenvalue weighted by Gasteiger charge is -2.05. The molecule has 138 valence electrons. The van der Waals surface area contributed by atoms with E-state index in [-0.39, 0.29) is 12.3 Å². The molecule has 0 radical (unpaired) electrons. The van der Waals surface area contributed by atoms with Gasteiger partial charge in [0.05, 0.1) is 22.7 Å². The van der Waals surface area contributed by atoms with E-state index in [4.69, 9.17) is 27.6 Å². The highest BCUT2D eigenvalue weighted by molar-refractivity contribution is 6.43. The van der Waals surface area contributed by atoms with E-state index in [1.807, 2.05) is 32.0 Å². The number of nitrogens with zero attached hydrogens (tertiary/aromatic N) is 1. The predicted octanol–water partition coefficient (Wildman–Crippen LogP) is 5.56. The Morgan fingerprint density at radius 2 is 1.96 bits per heavy atom. The van der Waals surface area contributed by atoms with Crippen LogP contribution in [0.4, 0.5) is 0 Å². The van der Waals surface area contributed by atoms with Gasteiger partial charge in [-0.25, -0.2) is 5.43 Å². The van der Waals surface area contributed by atoms with Crippen molar-refractivity contribution < 1.29 is 9.21 Å². The Morgan fingerprint density at radius 1 is 1.15 bits per heavy atom. The number of nitrogens with one attached hydrogen (secondary N) is 1. The molecule has 2 aromatic carbocycles. The fourth-order valence-electron chi connectivity index (χ4n) is 2.69. The van der Waals surface area contributed by atoms with Crippen molar-refractivity contribution in [2.45, 2.75) is 20.3 Å². The molecule has 0 saturated carbocycles. The van der Waals surface area contributed by atoms with Crippen LogP contribution in [0.2, 0.25) is 10.0 Å². The zero-order valence-electron chi connectivity index (χ0n) is 14.9. The first-order valence-corrected chi connectivity index (χ1v) is 9.12. The molecule has 6 heteroatoms. The van der Waals surface area contributed by atoms with Crippen LogP contribution in [0.1, 0.15) is 22.5 Å². The maximum Gasteiger partial charge on any atom is 0.244 e. The van der Waals surface area contributed by atoms with Gasteiger partial charge in [0, 0.05) is 5.56 Å². The molecule has 3 aromatic rings. The highest BCUT2D eigenvalue weighted by atomic mass is 35.5. The van der Waals surface area contributed by atoms with Crippen LogP contribution in [0.25, 0.3) is 11.3 Å². The van der Waals surface area contributed by atoms with Crippen molar-refractivity contribution in [3.05, 3.63) is 81.0 Å². The molecule has 0 bridgehead atoms. The van der Waals surface area contributed by atoms with E-state index in [2.05, 4.69) is 16.6 Å². The zero-order chi connectivity index (χ0) is 19.4. The number of hydrogen-bond donors (Lipinski definition) is 1. The lowest BCUT2D eigenvalue weighted by Crippen LogP contribution is -2.20. The summed E-state index contributed by atoms with van der Waals surface area (Å²) < 4.78 is 5.69. The highest BCUT2D eigenvalue weighted by Crippen LogP contribution is 2.34. The van der Waals surface area contributed by atoms with E-state index in [9.17, 15) is 4.79 Å². The smallest absolute Gasteiger partial charge is 0.244 e. The third-order valence-electron chi connectivity index (χ3n) is 4.07. The molecule has 0 unspecified atom stereocenters. The number of aryl methyl sites for hydroxylation is 2. The lowest BCUT2D eigenvalue weighted by atomic mass is 10.0. The predicted molar refractivity (Wildman–Crippen MR) is 110 cm³/mol. The molecule has 27 heavy (non-hydrogen) atoms. The summed E-state index contributed by atoms with van der Waals surface area (Å²) in [5, 5.41) is 4.84. The van der Waals surface area contributed by atoms with E-state index in [0.29, 0.717) is 27.1 Å². The van der Waals surface area contributed by atoms with E-state index in [0.717, 1.165) is 11.1 Å². The van der Waals surface area contributed by atoms with Crippen molar-refractivity contribution in [1.29, 1.82) is 0 Å². The molecule has 1 aromatic heterocycles. The van der Waals surface area contributed by atoms with Gasteiger partial charge in [-0.2, -0.15) is 5.10 Å². The van der Waals surface area contributed by atoms with Crippen molar-refractivity contribution in [3.63, 3.8) is 0 Å². The second kappa shape index (κ2) is 8.42. The van der Waals surface area contributed by atoms with Gasteiger partial charge in [0.1, 0.15) is 11.5 Å². The number of halogens is 2. The van der Waals surface area contributed by atoms with Gasteiger partial charge in [-0.05, 0) is 49.2 Å². The fraction of sp³-hybridized carbons (Fsp3) is 0.143. The summed E-state index contributed by atoms with van der Waals surface area (Å²) in [5.74, 6) is 0.876. The van der Waals surface area contributed by atoms with E-state index >= 15 is 0 Å². The molecule has 0 fully saturated rings. The number of hydrogen-bond acceptors (Lipinski definition) is 3. The van der Waals surface area contributed by atoms with Crippen LogP contribution in [0, 0.1) is 13.8 Å². The van der Waals surface area contributed by atoms with Gasteiger partial charge in [0.25, 0.3) is 0 Å². The van der Waals surface area contributed by atoms with E-state index < -0.39 is 0 Å². The topological polar surface area (TPSA) is 54.6 Å². The van der Waals surface area contributed by atoms with Crippen molar-refractivity contribution in [1.82, 2.24) is 5.43 Å².